The summed E-state index contributed by atoms with van der Waals surface area (Å²) in [6, 6.07) is 42.7. The van der Waals surface area contributed by atoms with Gasteiger partial charge in [-0.3, -0.25) is 4.57 Å². The summed E-state index contributed by atoms with van der Waals surface area (Å²) in [6.07, 6.45) is 0. The first kappa shape index (κ1) is 21.6. The molecule has 0 aliphatic rings. The van der Waals surface area contributed by atoms with Crippen molar-refractivity contribution in [2.75, 3.05) is 0 Å². The van der Waals surface area contributed by atoms with Gasteiger partial charge in [0.15, 0.2) is 0 Å². The minimum atomic E-state index is 0.565. The molecule has 7 aromatic rings. The lowest BCUT2D eigenvalue weighted by molar-refractivity contribution is 1.10. The lowest BCUT2D eigenvalue weighted by atomic mass is 10.1. The zero-order valence-corrected chi connectivity index (χ0v) is 20.2. The van der Waals surface area contributed by atoms with Crippen molar-refractivity contribution in [1.82, 2.24) is 14.1 Å². The van der Waals surface area contributed by atoms with E-state index >= 15 is 0 Å². The lowest BCUT2D eigenvalue weighted by Crippen LogP contribution is -1.98. The van der Waals surface area contributed by atoms with Gasteiger partial charge < -0.3 is 4.57 Å². The summed E-state index contributed by atoms with van der Waals surface area (Å²) in [7, 11) is 0. The van der Waals surface area contributed by atoms with Gasteiger partial charge in [0, 0.05) is 27.7 Å². The summed E-state index contributed by atoms with van der Waals surface area (Å²) >= 11 is 0. The SMILES string of the molecule is N#Cc1ccc(-n2c(-c3ccc(-n4c5ccccc5c5ccccc54)cc3)nc3cc(C#N)ccc32)cc1. The van der Waals surface area contributed by atoms with Crippen molar-refractivity contribution >= 4 is 32.8 Å². The Morgan fingerprint density at radius 1 is 0.526 bits per heavy atom. The number of hydrogen-bond acceptors (Lipinski definition) is 3. The van der Waals surface area contributed by atoms with Crippen molar-refractivity contribution in [3.63, 3.8) is 0 Å². The number of benzene rings is 5. The maximum atomic E-state index is 9.42. The number of fused-ring (bicyclic) bond motifs is 4. The molecule has 0 bridgehead atoms. The van der Waals surface area contributed by atoms with E-state index in [-0.39, 0.29) is 0 Å². The van der Waals surface area contributed by atoms with E-state index in [4.69, 9.17) is 4.98 Å². The Labute approximate surface area is 218 Å². The molecule has 38 heavy (non-hydrogen) atoms. The van der Waals surface area contributed by atoms with Crippen LogP contribution < -0.4 is 0 Å². The van der Waals surface area contributed by atoms with E-state index in [1.807, 2.05) is 24.3 Å². The number of para-hydroxylation sites is 2. The second-order valence-corrected chi connectivity index (χ2v) is 9.16. The minimum absolute atomic E-state index is 0.565. The molecule has 0 fully saturated rings. The monoisotopic (exact) mass is 485 g/mol. The van der Waals surface area contributed by atoms with Crippen molar-refractivity contribution in [1.29, 1.82) is 10.5 Å². The molecule has 2 heterocycles. The van der Waals surface area contributed by atoms with Crippen molar-refractivity contribution in [2.45, 2.75) is 0 Å². The van der Waals surface area contributed by atoms with Crippen molar-refractivity contribution < 1.29 is 0 Å². The van der Waals surface area contributed by atoms with Gasteiger partial charge >= 0.3 is 0 Å². The molecule has 5 nitrogen and oxygen atoms in total. The normalized spacial score (nSPS) is 11.1. The highest BCUT2D eigenvalue weighted by Gasteiger charge is 2.16. The molecule has 0 unspecified atom stereocenters. The van der Waals surface area contributed by atoms with Crippen molar-refractivity contribution in [3.05, 3.63) is 126 Å². The zero-order valence-electron chi connectivity index (χ0n) is 20.2. The zero-order chi connectivity index (χ0) is 25.6. The van der Waals surface area contributed by atoms with Gasteiger partial charge in [0.1, 0.15) is 5.82 Å². The van der Waals surface area contributed by atoms with Gasteiger partial charge in [-0.1, -0.05) is 36.4 Å². The predicted molar refractivity (Wildman–Crippen MR) is 150 cm³/mol. The highest BCUT2D eigenvalue weighted by Crippen LogP contribution is 2.34. The molecule has 7 rings (SSSR count). The molecule has 5 aromatic carbocycles. The van der Waals surface area contributed by atoms with Gasteiger partial charge in [0.2, 0.25) is 0 Å². The summed E-state index contributed by atoms with van der Waals surface area (Å²) in [5.74, 6) is 0.772. The Morgan fingerprint density at radius 3 is 1.71 bits per heavy atom. The fourth-order valence-electron chi connectivity index (χ4n) is 5.25. The fourth-order valence-corrected chi connectivity index (χ4v) is 5.25. The molecule has 2 aromatic heterocycles. The van der Waals surface area contributed by atoms with Crippen LogP contribution in [0, 0.1) is 22.7 Å². The standard InChI is InChI=1S/C33H19N5/c34-20-22-9-14-26(15-10-22)38-32-18-11-23(21-35)19-29(32)36-33(38)24-12-16-25(17-13-24)37-30-7-3-1-5-27(30)28-6-2-4-8-31(28)37/h1-19H. The van der Waals surface area contributed by atoms with E-state index in [0.29, 0.717) is 11.1 Å². The molecule has 0 spiro atoms. The van der Waals surface area contributed by atoms with Gasteiger partial charge in [0.05, 0.1) is 45.3 Å². The summed E-state index contributed by atoms with van der Waals surface area (Å²) in [5.41, 5.74) is 8.05. The van der Waals surface area contributed by atoms with Crippen LogP contribution in [0.25, 0.3) is 55.6 Å². The fraction of sp³-hybridized carbons (Fsp3) is 0. The van der Waals surface area contributed by atoms with E-state index in [2.05, 4.69) is 94.1 Å². The summed E-state index contributed by atoms with van der Waals surface area (Å²) in [4.78, 5) is 4.94. The first-order valence-corrected chi connectivity index (χ1v) is 12.3. The third kappa shape index (κ3) is 3.27. The first-order chi connectivity index (χ1) is 18.7. The van der Waals surface area contributed by atoms with Crippen molar-refractivity contribution in [2.24, 2.45) is 0 Å². The van der Waals surface area contributed by atoms with Crippen LogP contribution in [0.5, 0.6) is 0 Å². The maximum Gasteiger partial charge on any atom is 0.145 e. The van der Waals surface area contributed by atoms with Gasteiger partial charge in [-0.2, -0.15) is 10.5 Å². The number of imidazole rings is 1. The van der Waals surface area contributed by atoms with E-state index in [1.165, 1.54) is 10.8 Å². The van der Waals surface area contributed by atoms with Crippen LogP contribution in [-0.4, -0.2) is 14.1 Å². The molecular formula is C33H19N5. The van der Waals surface area contributed by atoms with Crippen LogP contribution in [0.1, 0.15) is 11.1 Å². The van der Waals surface area contributed by atoms with Crippen LogP contribution in [0.15, 0.2) is 115 Å². The second kappa shape index (κ2) is 8.48. The van der Waals surface area contributed by atoms with Crippen LogP contribution in [0.3, 0.4) is 0 Å². The number of nitriles is 2. The molecule has 0 saturated carbocycles. The smallest absolute Gasteiger partial charge is 0.145 e. The molecule has 0 aliphatic heterocycles. The summed E-state index contributed by atoms with van der Waals surface area (Å²) in [5, 5.41) is 21.1. The highest BCUT2D eigenvalue weighted by molar-refractivity contribution is 6.09. The van der Waals surface area contributed by atoms with E-state index < -0.39 is 0 Å². The molecule has 0 amide bonds. The minimum Gasteiger partial charge on any atom is -0.309 e. The largest absolute Gasteiger partial charge is 0.309 e. The van der Waals surface area contributed by atoms with Gasteiger partial charge in [0.25, 0.3) is 0 Å². The molecule has 0 atom stereocenters. The van der Waals surface area contributed by atoms with Crippen LogP contribution in [0.4, 0.5) is 0 Å². The molecule has 5 heteroatoms. The highest BCUT2D eigenvalue weighted by atomic mass is 15.1. The molecule has 0 aliphatic carbocycles. The Bertz CT molecular complexity index is 2030. The maximum absolute atomic E-state index is 9.42. The summed E-state index contributed by atoms with van der Waals surface area (Å²) in [6.45, 7) is 0. The number of hydrogen-bond donors (Lipinski definition) is 0. The van der Waals surface area contributed by atoms with E-state index in [9.17, 15) is 10.5 Å². The molecule has 0 radical (unpaired) electrons. The predicted octanol–water partition coefficient (Wildman–Crippen LogP) is 7.53. The van der Waals surface area contributed by atoms with Crippen LogP contribution >= 0.6 is 0 Å². The molecule has 0 N–H and O–H groups in total. The third-order valence-corrected chi connectivity index (χ3v) is 7.00. The molecule has 176 valence electrons. The van der Waals surface area contributed by atoms with Crippen LogP contribution in [0.2, 0.25) is 0 Å². The average Bonchev–Trinajstić information content (AvgIpc) is 3.53. The average molecular weight is 486 g/mol. The first-order valence-electron chi connectivity index (χ1n) is 12.3. The van der Waals surface area contributed by atoms with Crippen molar-refractivity contribution in [3.8, 4) is 34.9 Å². The molecule has 0 saturated heterocycles. The Balaban J connectivity index is 1.41. The third-order valence-electron chi connectivity index (χ3n) is 7.00. The van der Waals surface area contributed by atoms with Gasteiger partial charge in [-0.15, -0.1) is 0 Å². The van der Waals surface area contributed by atoms with E-state index in [1.54, 1.807) is 18.2 Å². The molecular weight excluding hydrogens is 466 g/mol. The quantitative estimate of drug-likeness (QED) is 0.260. The van der Waals surface area contributed by atoms with Gasteiger partial charge in [-0.05, 0) is 78.9 Å². The van der Waals surface area contributed by atoms with Gasteiger partial charge in [-0.25, -0.2) is 4.98 Å². The number of rotatable bonds is 3. The Morgan fingerprint density at radius 2 is 1.08 bits per heavy atom. The van der Waals surface area contributed by atoms with E-state index in [0.717, 1.165) is 44.8 Å². The topological polar surface area (TPSA) is 70.3 Å². The Kier molecular flexibility index (Phi) is 4.83. The Hall–Kier alpha value is -5.65. The lowest BCUT2D eigenvalue weighted by Gasteiger charge is -2.12. The second-order valence-electron chi connectivity index (χ2n) is 9.16. The number of aromatic nitrogens is 3. The number of nitrogens with zero attached hydrogens (tertiary/aromatic N) is 5. The summed E-state index contributed by atoms with van der Waals surface area (Å²) < 4.78 is 4.37. The van der Waals surface area contributed by atoms with Crippen LogP contribution in [-0.2, 0) is 0 Å².